The average molecular weight is 390 g/mol. The fourth-order valence-corrected chi connectivity index (χ4v) is 3.05. The van der Waals surface area contributed by atoms with Crippen molar-refractivity contribution < 1.29 is 17.9 Å². The number of thioether (sulfide) groups is 1. The number of ether oxygens (including phenoxy) is 1. The highest BCUT2D eigenvalue weighted by Crippen LogP contribution is 2.33. The van der Waals surface area contributed by atoms with Crippen LogP contribution >= 0.6 is 11.8 Å². The van der Waals surface area contributed by atoms with Gasteiger partial charge in [-0.1, -0.05) is 17.8 Å². The highest BCUT2D eigenvalue weighted by Gasteiger charge is 2.31. The molecule has 0 unspecified atom stereocenters. The van der Waals surface area contributed by atoms with Crippen LogP contribution in [-0.2, 0) is 6.18 Å². The SMILES string of the molecule is COc1ccc(-c2nnc(SCC#N)n2-c2cccc(C(F)(F)F)c2)cc1. The van der Waals surface area contributed by atoms with Gasteiger partial charge in [0.2, 0.25) is 0 Å². The summed E-state index contributed by atoms with van der Waals surface area (Å²) >= 11 is 1.10. The number of rotatable bonds is 5. The van der Waals surface area contributed by atoms with Crippen LogP contribution in [0.4, 0.5) is 13.2 Å². The Morgan fingerprint density at radius 2 is 1.89 bits per heavy atom. The highest BCUT2D eigenvalue weighted by molar-refractivity contribution is 7.99. The van der Waals surface area contributed by atoms with Gasteiger partial charge in [-0.2, -0.15) is 18.4 Å². The average Bonchev–Trinajstić information content (AvgIpc) is 3.09. The summed E-state index contributed by atoms with van der Waals surface area (Å²) in [4.78, 5) is 0. The van der Waals surface area contributed by atoms with Crippen molar-refractivity contribution in [2.75, 3.05) is 12.9 Å². The van der Waals surface area contributed by atoms with E-state index in [-0.39, 0.29) is 11.4 Å². The summed E-state index contributed by atoms with van der Waals surface area (Å²) in [6, 6.07) is 13.8. The van der Waals surface area contributed by atoms with Gasteiger partial charge in [-0.15, -0.1) is 10.2 Å². The molecule has 0 amide bonds. The van der Waals surface area contributed by atoms with Gasteiger partial charge < -0.3 is 4.74 Å². The Bertz CT molecular complexity index is 978. The third kappa shape index (κ3) is 4.06. The largest absolute Gasteiger partial charge is 0.497 e. The molecular formula is C18H13F3N4OS. The zero-order valence-corrected chi connectivity index (χ0v) is 14.9. The summed E-state index contributed by atoms with van der Waals surface area (Å²) in [6.07, 6.45) is -4.47. The number of nitriles is 1. The van der Waals surface area contributed by atoms with E-state index in [0.717, 1.165) is 23.9 Å². The second-order valence-electron chi connectivity index (χ2n) is 5.36. The first-order valence-electron chi connectivity index (χ1n) is 7.71. The number of halogens is 3. The van der Waals surface area contributed by atoms with Crippen LogP contribution in [-0.4, -0.2) is 27.6 Å². The Balaban J connectivity index is 2.14. The third-order valence-corrected chi connectivity index (χ3v) is 4.47. The van der Waals surface area contributed by atoms with E-state index < -0.39 is 11.7 Å². The molecule has 27 heavy (non-hydrogen) atoms. The van der Waals surface area contributed by atoms with Crippen molar-refractivity contribution in [1.82, 2.24) is 14.8 Å². The second kappa shape index (κ2) is 7.72. The highest BCUT2D eigenvalue weighted by atomic mass is 32.2. The van der Waals surface area contributed by atoms with E-state index in [4.69, 9.17) is 10.00 Å². The van der Waals surface area contributed by atoms with E-state index in [1.807, 2.05) is 6.07 Å². The normalized spacial score (nSPS) is 11.2. The number of nitrogens with zero attached hydrogens (tertiary/aromatic N) is 4. The van der Waals surface area contributed by atoms with Gasteiger partial charge in [0, 0.05) is 5.56 Å². The minimum Gasteiger partial charge on any atom is -0.497 e. The molecule has 0 radical (unpaired) electrons. The predicted octanol–water partition coefficient (Wildman–Crippen LogP) is 4.58. The first kappa shape index (κ1) is 18.8. The fourth-order valence-electron chi connectivity index (χ4n) is 2.44. The Labute approximate surface area is 157 Å². The molecule has 3 aromatic rings. The molecule has 0 aliphatic heterocycles. The maximum Gasteiger partial charge on any atom is 0.416 e. The summed E-state index contributed by atoms with van der Waals surface area (Å²) in [7, 11) is 1.54. The molecule has 0 bridgehead atoms. The van der Waals surface area contributed by atoms with Crippen molar-refractivity contribution in [2.45, 2.75) is 11.3 Å². The summed E-state index contributed by atoms with van der Waals surface area (Å²) in [6.45, 7) is 0. The number of hydrogen-bond acceptors (Lipinski definition) is 5. The number of aromatic nitrogens is 3. The van der Waals surface area contributed by atoms with Crippen LogP contribution in [0.15, 0.2) is 53.7 Å². The molecular weight excluding hydrogens is 377 g/mol. The minimum atomic E-state index is -4.47. The van der Waals surface area contributed by atoms with Crippen molar-refractivity contribution >= 4 is 11.8 Å². The maximum atomic E-state index is 13.1. The minimum absolute atomic E-state index is 0.0969. The predicted molar refractivity (Wildman–Crippen MR) is 94.7 cm³/mol. The lowest BCUT2D eigenvalue weighted by Gasteiger charge is -2.13. The summed E-state index contributed by atoms with van der Waals surface area (Å²) < 4.78 is 46.0. The van der Waals surface area contributed by atoms with Crippen LogP contribution in [0.1, 0.15) is 5.56 Å². The molecule has 0 aliphatic carbocycles. The van der Waals surface area contributed by atoms with E-state index in [1.54, 1.807) is 30.3 Å². The van der Waals surface area contributed by atoms with Crippen LogP contribution in [0.2, 0.25) is 0 Å². The fraction of sp³-hybridized carbons (Fsp3) is 0.167. The molecule has 0 fully saturated rings. The van der Waals surface area contributed by atoms with Gasteiger partial charge in [-0.25, -0.2) is 0 Å². The molecule has 0 saturated carbocycles. The van der Waals surface area contributed by atoms with E-state index >= 15 is 0 Å². The number of methoxy groups -OCH3 is 1. The van der Waals surface area contributed by atoms with Crippen LogP contribution in [0.25, 0.3) is 17.1 Å². The standard InChI is InChI=1S/C18H13F3N4OS/c1-26-15-7-5-12(6-8-15)16-23-24-17(27-10-9-22)25(16)14-4-2-3-13(11-14)18(19,20)21/h2-8,11H,10H2,1H3. The smallest absolute Gasteiger partial charge is 0.416 e. The van der Waals surface area contributed by atoms with Gasteiger partial charge in [0.1, 0.15) is 5.75 Å². The van der Waals surface area contributed by atoms with Crippen molar-refractivity contribution in [1.29, 1.82) is 5.26 Å². The van der Waals surface area contributed by atoms with Gasteiger partial charge >= 0.3 is 6.18 Å². The molecule has 0 aliphatic rings. The first-order valence-corrected chi connectivity index (χ1v) is 8.70. The summed E-state index contributed by atoms with van der Waals surface area (Å²) in [5.74, 6) is 1.11. The Hall–Kier alpha value is -2.99. The Morgan fingerprint density at radius 1 is 1.15 bits per heavy atom. The molecule has 0 N–H and O–H groups in total. The van der Waals surface area contributed by atoms with Crippen molar-refractivity contribution in [3.8, 4) is 28.9 Å². The molecule has 0 saturated heterocycles. The van der Waals surface area contributed by atoms with E-state index in [1.165, 1.54) is 17.7 Å². The summed E-state index contributed by atoms with van der Waals surface area (Å²) in [5.41, 5.74) is 0.149. The number of alkyl halides is 3. The topological polar surface area (TPSA) is 63.7 Å². The molecule has 1 heterocycles. The lowest BCUT2D eigenvalue weighted by atomic mass is 10.1. The first-order chi connectivity index (χ1) is 12.9. The maximum absolute atomic E-state index is 13.1. The van der Waals surface area contributed by atoms with Gasteiger partial charge in [0.15, 0.2) is 11.0 Å². The van der Waals surface area contributed by atoms with E-state index in [0.29, 0.717) is 22.3 Å². The number of hydrogen-bond donors (Lipinski definition) is 0. The molecule has 2 aromatic carbocycles. The second-order valence-corrected chi connectivity index (χ2v) is 6.31. The van der Waals surface area contributed by atoms with Crippen LogP contribution < -0.4 is 4.74 Å². The summed E-state index contributed by atoms with van der Waals surface area (Å²) in [5, 5.41) is 17.3. The molecule has 138 valence electrons. The van der Waals surface area contributed by atoms with Crippen LogP contribution in [0, 0.1) is 11.3 Å². The molecule has 0 atom stereocenters. The quantitative estimate of drug-likeness (QED) is 0.597. The van der Waals surface area contributed by atoms with Crippen LogP contribution in [0.3, 0.4) is 0 Å². The van der Waals surface area contributed by atoms with Crippen molar-refractivity contribution in [3.05, 3.63) is 54.1 Å². The molecule has 5 nitrogen and oxygen atoms in total. The van der Waals surface area contributed by atoms with Gasteiger partial charge in [0.05, 0.1) is 30.2 Å². The number of benzene rings is 2. The van der Waals surface area contributed by atoms with E-state index in [9.17, 15) is 13.2 Å². The van der Waals surface area contributed by atoms with Gasteiger partial charge in [0.25, 0.3) is 0 Å². The van der Waals surface area contributed by atoms with Crippen molar-refractivity contribution in [2.24, 2.45) is 0 Å². The lowest BCUT2D eigenvalue weighted by Crippen LogP contribution is -2.07. The van der Waals surface area contributed by atoms with Crippen molar-refractivity contribution in [3.63, 3.8) is 0 Å². The van der Waals surface area contributed by atoms with Gasteiger partial charge in [-0.05, 0) is 42.5 Å². The zero-order chi connectivity index (χ0) is 19.4. The lowest BCUT2D eigenvalue weighted by molar-refractivity contribution is -0.137. The molecule has 1 aromatic heterocycles. The Kier molecular flexibility index (Phi) is 5.37. The zero-order valence-electron chi connectivity index (χ0n) is 14.1. The Morgan fingerprint density at radius 3 is 2.52 bits per heavy atom. The molecule has 0 spiro atoms. The molecule has 3 rings (SSSR count). The van der Waals surface area contributed by atoms with Gasteiger partial charge in [-0.3, -0.25) is 4.57 Å². The monoisotopic (exact) mass is 390 g/mol. The van der Waals surface area contributed by atoms with E-state index in [2.05, 4.69) is 10.2 Å². The van der Waals surface area contributed by atoms with Crippen LogP contribution in [0.5, 0.6) is 5.75 Å². The molecule has 9 heteroatoms. The third-order valence-electron chi connectivity index (χ3n) is 3.68.